The molecule has 2 amide bonds. The van der Waals surface area contributed by atoms with Crippen LogP contribution < -0.4 is 11.5 Å². The summed E-state index contributed by atoms with van der Waals surface area (Å²) in [6.07, 6.45) is 2.61. The molecule has 0 aromatic carbocycles. The van der Waals surface area contributed by atoms with Gasteiger partial charge in [-0.3, -0.25) is 9.59 Å². The third-order valence-corrected chi connectivity index (χ3v) is 7.70. The van der Waals surface area contributed by atoms with Crippen molar-refractivity contribution in [2.45, 2.75) is 68.9 Å². The Labute approximate surface area is 202 Å². The van der Waals surface area contributed by atoms with Crippen molar-refractivity contribution in [2.75, 3.05) is 37.7 Å². The Morgan fingerprint density at radius 1 is 1.23 bits per heavy atom. The molecule has 13 heteroatoms. The number of aliphatic hydroxyl groups excluding tert-OH is 1. The number of amides is 2. The van der Waals surface area contributed by atoms with Crippen LogP contribution in [0, 0.1) is 0 Å². The summed E-state index contributed by atoms with van der Waals surface area (Å²) in [5.41, 5.74) is 10.8. The number of carbonyl (C=O) groups excluding carboxylic acids is 2. The molecule has 3 aliphatic heterocycles. The first-order valence-electron chi connectivity index (χ1n) is 11.9. The zero-order valence-electron chi connectivity index (χ0n) is 19.9. The second kappa shape index (κ2) is 8.28. The number of aromatic nitrogens is 4. The van der Waals surface area contributed by atoms with E-state index in [4.69, 9.17) is 16.2 Å². The van der Waals surface area contributed by atoms with E-state index in [1.54, 1.807) is 22.7 Å². The van der Waals surface area contributed by atoms with Gasteiger partial charge >= 0.3 is 0 Å². The third-order valence-electron chi connectivity index (χ3n) is 7.70. The number of nitrogens with two attached hydrogens (primary N) is 2. The average Bonchev–Trinajstić information content (AvgIpc) is 3.37. The van der Waals surface area contributed by atoms with E-state index < -0.39 is 29.4 Å². The van der Waals surface area contributed by atoms with Crippen molar-refractivity contribution in [3.8, 4) is 0 Å². The number of nitrogens with zero attached hydrogens (tertiary/aromatic N) is 6. The van der Waals surface area contributed by atoms with Crippen molar-refractivity contribution in [1.82, 2.24) is 29.3 Å². The fraction of sp³-hybridized carbons (Fsp3) is 0.682. The number of fused-ring (bicyclic) bond motifs is 1. The number of imidazole rings is 1. The Kier molecular flexibility index (Phi) is 5.61. The van der Waals surface area contributed by atoms with E-state index in [2.05, 4.69) is 15.0 Å². The van der Waals surface area contributed by atoms with Crippen LogP contribution in [0.4, 0.5) is 11.8 Å². The fourth-order valence-electron chi connectivity index (χ4n) is 5.88. The molecule has 2 aromatic rings. The van der Waals surface area contributed by atoms with Crippen molar-refractivity contribution in [2.24, 2.45) is 0 Å². The molecule has 5 heterocycles. The van der Waals surface area contributed by atoms with Gasteiger partial charge in [-0.05, 0) is 19.8 Å². The Bertz CT molecular complexity index is 1160. The Balaban J connectivity index is 1.28. The molecule has 35 heavy (non-hydrogen) atoms. The molecule has 0 bridgehead atoms. The molecular weight excluding hydrogens is 456 g/mol. The van der Waals surface area contributed by atoms with E-state index in [0.717, 1.165) is 0 Å². The highest BCUT2D eigenvalue weighted by Crippen LogP contribution is 2.44. The normalized spacial score (nSPS) is 30.8. The maximum atomic E-state index is 13.1. The number of carbonyl (C=O) groups is 2. The summed E-state index contributed by atoms with van der Waals surface area (Å²) in [6.45, 7) is 4.49. The molecule has 6 N–H and O–H groups in total. The van der Waals surface area contributed by atoms with Crippen LogP contribution in [0.2, 0.25) is 0 Å². The van der Waals surface area contributed by atoms with Crippen LogP contribution >= 0.6 is 0 Å². The van der Waals surface area contributed by atoms with E-state index in [-0.39, 0.29) is 43.2 Å². The van der Waals surface area contributed by atoms with Crippen molar-refractivity contribution in [3.63, 3.8) is 0 Å². The number of β-amino-alcohol motifs (C(OH)–C–C–N with tert-alkyl or cyclic N) is 1. The van der Waals surface area contributed by atoms with Crippen molar-refractivity contribution < 1.29 is 24.5 Å². The first-order chi connectivity index (χ1) is 16.5. The standard InChI is InChI=1S/C22H32N8O5/c1-12(31)29-8-13(32)7-14(29)19(33)28-5-3-22(4-6-28)10-21(2,34)15(9-35-22)30-11-25-16-17(23)26-20(24)27-18(16)30/h11,13-15,32,34H,3-10H2,1-2H3,(H4,23,24,26,27)/t13-,14+,15-,21-/m1/s1. The number of hydrogen-bond donors (Lipinski definition) is 4. The van der Waals surface area contributed by atoms with E-state index >= 15 is 0 Å². The van der Waals surface area contributed by atoms with Gasteiger partial charge in [-0.1, -0.05) is 0 Å². The largest absolute Gasteiger partial charge is 0.391 e. The van der Waals surface area contributed by atoms with Gasteiger partial charge in [0.25, 0.3) is 0 Å². The summed E-state index contributed by atoms with van der Waals surface area (Å²) in [6, 6.07) is -1.09. The van der Waals surface area contributed by atoms with Crippen LogP contribution in [0.1, 0.15) is 45.6 Å². The first-order valence-corrected chi connectivity index (χ1v) is 11.9. The SMILES string of the molecule is CC(=O)N1C[C@H](O)C[C@H]1C(=O)N1CCC2(CC1)C[C@@](C)(O)[C@H](n1cnc3c(N)nc(N)nc31)CO2. The van der Waals surface area contributed by atoms with E-state index in [0.29, 0.717) is 43.5 Å². The third kappa shape index (κ3) is 4.06. The van der Waals surface area contributed by atoms with Gasteiger partial charge in [0.05, 0.1) is 36.3 Å². The molecule has 0 saturated carbocycles. The lowest BCUT2D eigenvalue weighted by atomic mass is 9.75. The second-order valence-electron chi connectivity index (χ2n) is 10.2. The minimum absolute atomic E-state index is 0.0275. The molecule has 190 valence electrons. The number of hydrogen-bond acceptors (Lipinski definition) is 10. The van der Waals surface area contributed by atoms with Crippen molar-refractivity contribution in [3.05, 3.63) is 6.33 Å². The quantitative estimate of drug-likeness (QED) is 0.410. The van der Waals surface area contributed by atoms with Gasteiger partial charge in [-0.2, -0.15) is 9.97 Å². The Hall–Kier alpha value is -3.03. The van der Waals surface area contributed by atoms with Gasteiger partial charge < -0.3 is 40.8 Å². The summed E-state index contributed by atoms with van der Waals surface area (Å²) >= 11 is 0. The van der Waals surface area contributed by atoms with Gasteiger partial charge in [0.1, 0.15) is 11.6 Å². The van der Waals surface area contributed by atoms with Gasteiger partial charge in [0.15, 0.2) is 11.5 Å². The average molecular weight is 489 g/mol. The first kappa shape index (κ1) is 23.7. The van der Waals surface area contributed by atoms with Crippen molar-refractivity contribution in [1.29, 1.82) is 0 Å². The smallest absolute Gasteiger partial charge is 0.245 e. The van der Waals surface area contributed by atoms with E-state index in [9.17, 15) is 19.8 Å². The summed E-state index contributed by atoms with van der Waals surface area (Å²) in [5.74, 6) is -0.160. The lowest BCUT2D eigenvalue weighted by Gasteiger charge is -2.51. The highest BCUT2D eigenvalue weighted by Gasteiger charge is 2.51. The Morgan fingerprint density at radius 3 is 2.60 bits per heavy atom. The number of aliphatic hydroxyl groups is 2. The molecule has 0 radical (unpaired) electrons. The van der Waals surface area contributed by atoms with Crippen LogP contribution in [-0.4, -0.2) is 101 Å². The molecule has 1 spiro atoms. The zero-order valence-corrected chi connectivity index (χ0v) is 19.9. The molecule has 4 atom stereocenters. The molecule has 0 unspecified atom stereocenters. The van der Waals surface area contributed by atoms with Gasteiger partial charge in [0.2, 0.25) is 17.8 Å². The van der Waals surface area contributed by atoms with E-state index in [1.807, 2.05) is 0 Å². The molecule has 2 aromatic heterocycles. The number of piperidine rings is 1. The fourth-order valence-corrected chi connectivity index (χ4v) is 5.88. The number of ether oxygens (including phenoxy) is 1. The summed E-state index contributed by atoms with van der Waals surface area (Å²) < 4.78 is 8.09. The minimum Gasteiger partial charge on any atom is -0.391 e. The Morgan fingerprint density at radius 2 is 1.94 bits per heavy atom. The lowest BCUT2D eigenvalue weighted by Crippen LogP contribution is -2.59. The molecule has 0 aliphatic carbocycles. The van der Waals surface area contributed by atoms with Gasteiger partial charge in [-0.25, -0.2) is 4.98 Å². The van der Waals surface area contributed by atoms with Gasteiger partial charge in [0, 0.05) is 39.4 Å². The molecular formula is C22H32N8O5. The molecule has 5 rings (SSSR count). The lowest BCUT2D eigenvalue weighted by molar-refractivity contribution is -0.197. The highest BCUT2D eigenvalue weighted by molar-refractivity contribution is 5.87. The topological polar surface area (TPSA) is 186 Å². The number of rotatable bonds is 2. The molecule has 3 saturated heterocycles. The monoisotopic (exact) mass is 488 g/mol. The van der Waals surface area contributed by atoms with E-state index in [1.165, 1.54) is 11.8 Å². The van der Waals surface area contributed by atoms with Crippen molar-refractivity contribution >= 4 is 34.7 Å². The predicted octanol–water partition coefficient (Wildman–Crippen LogP) is -0.954. The van der Waals surface area contributed by atoms with Gasteiger partial charge in [-0.15, -0.1) is 0 Å². The molecule has 3 aliphatic rings. The maximum absolute atomic E-state index is 13.1. The zero-order chi connectivity index (χ0) is 25.1. The second-order valence-corrected chi connectivity index (χ2v) is 10.2. The molecule has 13 nitrogen and oxygen atoms in total. The maximum Gasteiger partial charge on any atom is 0.245 e. The van der Waals surface area contributed by atoms with Crippen LogP contribution in [0.15, 0.2) is 6.33 Å². The number of nitrogen functional groups attached to an aromatic ring is 2. The van der Waals surface area contributed by atoms with Crippen LogP contribution in [0.3, 0.4) is 0 Å². The molecule has 3 fully saturated rings. The summed E-state index contributed by atoms with van der Waals surface area (Å²) in [4.78, 5) is 40.7. The summed E-state index contributed by atoms with van der Waals surface area (Å²) in [5, 5.41) is 21.5. The predicted molar refractivity (Wildman–Crippen MR) is 125 cm³/mol. The number of likely N-dealkylation sites (tertiary alicyclic amines) is 2. The highest BCUT2D eigenvalue weighted by atomic mass is 16.5. The number of anilines is 2. The minimum atomic E-state index is -1.15. The van der Waals surface area contributed by atoms with Crippen LogP contribution in [0.25, 0.3) is 11.2 Å². The summed E-state index contributed by atoms with van der Waals surface area (Å²) in [7, 11) is 0. The van der Waals surface area contributed by atoms with Crippen LogP contribution in [0.5, 0.6) is 0 Å². The van der Waals surface area contributed by atoms with Crippen LogP contribution in [-0.2, 0) is 14.3 Å².